The zero-order valence-corrected chi connectivity index (χ0v) is 15.8. The molecular weight excluding hydrogens is 340 g/mol. The maximum absolute atomic E-state index is 12.8. The van der Waals surface area contributed by atoms with Crippen LogP contribution >= 0.6 is 0 Å². The Balaban J connectivity index is 1.34. The van der Waals surface area contributed by atoms with E-state index < -0.39 is 0 Å². The number of likely N-dealkylation sites (tertiary alicyclic amines) is 1. The molecule has 1 saturated heterocycles. The Labute approximate surface area is 160 Å². The number of benzene rings is 1. The Morgan fingerprint density at radius 1 is 1.11 bits per heavy atom. The Bertz CT molecular complexity index is 712. The largest absolute Gasteiger partial charge is 0.369 e. The van der Waals surface area contributed by atoms with E-state index in [0.29, 0.717) is 11.8 Å². The molecule has 4 rings (SSSR count). The van der Waals surface area contributed by atoms with Gasteiger partial charge < -0.3 is 16.8 Å². The van der Waals surface area contributed by atoms with E-state index in [4.69, 9.17) is 11.5 Å². The molecule has 4 unspecified atom stereocenters. The number of nitrogens with one attached hydrogen (secondary N) is 1. The molecule has 4 atom stereocenters. The molecule has 146 valence electrons. The zero-order chi connectivity index (χ0) is 19.0. The van der Waals surface area contributed by atoms with Crippen molar-refractivity contribution in [3.8, 4) is 0 Å². The Hall–Kier alpha value is -1.92. The number of primary amides is 1. The van der Waals surface area contributed by atoms with Gasteiger partial charge in [0, 0.05) is 24.2 Å². The third-order valence-corrected chi connectivity index (χ3v) is 6.87. The highest BCUT2D eigenvalue weighted by atomic mass is 16.2. The van der Waals surface area contributed by atoms with Gasteiger partial charge >= 0.3 is 0 Å². The first-order chi connectivity index (χ1) is 13.0. The summed E-state index contributed by atoms with van der Waals surface area (Å²) in [6.45, 7) is 2.58. The fraction of sp³-hybridized carbons (Fsp3) is 0.619. The first kappa shape index (κ1) is 18.4. The van der Waals surface area contributed by atoms with Crippen LogP contribution in [0.4, 0.5) is 5.69 Å². The summed E-state index contributed by atoms with van der Waals surface area (Å²) in [5.41, 5.74) is 13.7. The van der Waals surface area contributed by atoms with Crippen LogP contribution in [0.25, 0.3) is 0 Å². The monoisotopic (exact) mass is 370 g/mol. The highest BCUT2D eigenvalue weighted by Crippen LogP contribution is 2.47. The lowest BCUT2D eigenvalue weighted by molar-refractivity contribution is -0.123. The van der Waals surface area contributed by atoms with Gasteiger partial charge in [-0.25, -0.2) is 0 Å². The lowest BCUT2D eigenvalue weighted by Crippen LogP contribution is -2.42. The standard InChI is InChI=1S/C21H30N4O2/c22-19-16-5-4-15(11-16)18(19)21(27)24-17-3-1-2-13(10-17)12-25-8-6-14(7-9-25)20(23)26/h1-3,10,14-16,18-19H,4-9,11-12,22H2,(H2,23,26)(H,24,27). The quantitative estimate of drug-likeness (QED) is 0.734. The summed E-state index contributed by atoms with van der Waals surface area (Å²) in [5, 5.41) is 3.10. The van der Waals surface area contributed by atoms with Crippen LogP contribution < -0.4 is 16.8 Å². The van der Waals surface area contributed by atoms with Crippen LogP contribution in [0.2, 0.25) is 0 Å². The SMILES string of the molecule is NC(=O)C1CCN(Cc2cccc(NC(=O)C3C4CCC(C4)C3N)c2)CC1. The number of hydrogen-bond donors (Lipinski definition) is 3. The average molecular weight is 370 g/mol. The number of nitrogens with zero attached hydrogens (tertiary/aromatic N) is 1. The number of rotatable bonds is 5. The number of fused-ring (bicyclic) bond motifs is 2. The number of hydrogen-bond acceptors (Lipinski definition) is 4. The van der Waals surface area contributed by atoms with E-state index in [1.54, 1.807) is 0 Å². The first-order valence-corrected chi connectivity index (χ1v) is 10.2. The summed E-state index contributed by atoms with van der Waals surface area (Å²) in [4.78, 5) is 26.4. The van der Waals surface area contributed by atoms with E-state index in [1.807, 2.05) is 12.1 Å². The summed E-state index contributed by atoms with van der Waals surface area (Å²) in [6.07, 6.45) is 5.08. The molecule has 1 aliphatic heterocycles. The number of anilines is 1. The van der Waals surface area contributed by atoms with Gasteiger partial charge in [0.25, 0.3) is 0 Å². The highest BCUT2D eigenvalue weighted by Gasteiger charge is 2.49. The molecule has 1 aromatic rings. The Morgan fingerprint density at radius 3 is 2.52 bits per heavy atom. The highest BCUT2D eigenvalue weighted by molar-refractivity contribution is 5.93. The second-order valence-electron chi connectivity index (χ2n) is 8.58. The molecule has 5 N–H and O–H groups in total. The summed E-state index contributed by atoms with van der Waals surface area (Å²) < 4.78 is 0. The van der Waals surface area contributed by atoms with Crippen molar-refractivity contribution in [2.24, 2.45) is 35.1 Å². The van der Waals surface area contributed by atoms with Crippen LogP contribution in [0, 0.1) is 23.7 Å². The molecule has 6 nitrogen and oxygen atoms in total. The van der Waals surface area contributed by atoms with E-state index in [0.717, 1.165) is 51.0 Å². The van der Waals surface area contributed by atoms with Gasteiger partial charge in [-0.1, -0.05) is 12.1 Å². The molecular formula is C21H30N4O2. The van der Waals surface area contributed by atoms with Gasteiger partial charge in [-0.2, -0.15) is 0 Å². The number of carbonyl (C=O) groups excluding carboxylic acids is 2. The second kappa shape index (κ2) is 7.60. The summed E-state index contributed by atoms with van der Waals surface area (Å²) >= 11 is 0. The molecule has 6 heteroatoms. The maximum Gasteiger partial charge on any atom is 0.229 e. The normalized spacial score (nSPS) is 31.1. The molecule has 0 radical (unpaired) electrons. The van der Waals surface area contributed by atoms with Gasteiger partial charge in [-0.15, -0.1) is 0 Å². The van der Waals surface area contributed by atoms with Gasteiger partial charge in [0.05, 0.1) is 5.92 Å². The van der Waals surface area contributed by atoms with Crippen LogP contribution in [0.1, 0.15) is 37.7 Å². The summed E-state index contributed by atoms with van der Waals surface area (Å²) in [5.74, 6) is 0.852. The Kier molecular flexibility index (Phi) is 5.19. The van der Waals surface area contributed by atoms with Crippen molar-refractivity contribution in [1.82, 2.24) is 4.90 Å². The van der Waals surface area contributed by atoms with Crippen LogP contribution in [0.15, 0.2) is 24.3 Å². The van der Waals surface area contributed by atoms with E-state index in [-0.39, 0.29) is 29.7 Å². The van der Waals surface area contributed by atoms with E-state index in [9.17, 15) is 9.59 Å². The van der Waals surface area contributed by atoms with Gasteiger partial charge in [0.15, 0.2) is 0 Å². The smallest absolute Gasteiger partial charge is 0.229 e. The minimum Gasteiger partial charge on any atom is -0.369 e. The van der Waals surface area contributed by atoms with Crippen molar-refractivity contribution in [2.75, 3.05) is 18.4 Å². The third-order valence-electron chi connectivity index (χ3n) is 6.87. The average Bonchev–Trinajstić information content (AvgIpc) is 3.23. The number of piperidine rings is 1. The minimum absolute atomic E-state index is 0.0119. The van der Waals surface area contributed by atoms with Crippen molar-refractivity contribution in [3.63, 3.8) is 0 Å². The fourth-order valence-electron chi connectivity index (χ4n) is 5.33. The van der Waals surface area contributed by atoms with Crippen LogP contribution in [-0.2, 0) is 16.1 Å². The predicted octanol–water partition coefficient (Wildman–Crippen LogP) is 1.70. The van der Waals surface area contributed by atoms with Crippen LogP contribution in [0.5, 0.6) is 0 Å². The summed E-state index contributed by atoms with van der Waals surface area (Å²) in [6, 6.07) is 8.08. The van der Waals surface area contributed by atoms with E-state index in [1.165, 1.54) is 12.0 Å². The van der Waals surface area contributed by atoms with Crippen molar-refractivity contribution in [2.45, 2.75) is 44.7 Å². The second-order valence-corrected chi connectivity index (χ2v) is 8.58. The van der Waals surface area contributed by atoms with Crippen molar-refractivity contribution >= 4 is 17.5 Å². The molecule has 27 heavy (non-hydrogen) atoms. The molecule has 2 aliphatic carbocycles. The molecule has 2 saturated carbocycles. The van der Waals surface area contributed by atoms with Crippen LogP contribution in [-0.4, -0.2) is 35.8 Å². The lowest BCUT2D eigenvalue weighted by Gasteiger charge is -2.30. The van der Waals surface area contributed by atoms with Crippen molar-refractivity contribution in [1.29, 1.82) is 0 Å². The molecule has 2 bridgehead atoms. The molecule has 0 aromatic heterocycles. The van der Waals surface area contributed by atoms with Gasteiger partial charge in [-0.3, -0.25) is 14.5 Å². The maximum atomic E-state index is 12.8. The van der Waals surface area contributed by atoms with Gasteiger partial charge in [-0.05, 0) is 74.7 Å². The molecule has 0 spiro atoms. The Morgan fingerprint density at radius 2 is 1.85 bits per heavy atom. The zero-order valence-electron chi connectivity index (χ0n) is 15.8. The first-order valence-electron chi connectivity index (χ1n) is 10.2. The molecule has 1 heterocycles. The predicted molar refractivity (Wildman–Crippen MR) is 105 cm³/mol. The molecule has 1 aromatic carbocycles. The van der Waals surface area contributed by atoms with E-state index >= 15 is 0 Å². The van der Waals surface area contributed by atoms with Crippen molar-refractivity contribution in [3.05, 3.63) is 29.8 Å². The lowest BCUT2D eigenvalue weighted by atomic mass is 9.84. The topological polar surface area (TPSA) is 101 Å². The van der Waals surface area contributed by atoms with Gasteiger partial charge in [0.2, 0.25) is 11.8 Å². The number of nitrogens with two attached hydrogens (primary N) is 2. The molecule has 3 fully saturated rings. The molecule has 2 amide bonds. The third kappa shape index (κ3) is 3.87. The number of amides is 2. The molecule has 3 aliphatic rings. The number of carbonyl (C=O) groups is 2. The fourth-order valence-corrected chi connectivity index (χ4v) is 5.33. The van der Waals surface area contributed by atoms with Gasteiger partial charge in [0.1, 0.15) is 0 Å². The minimum atomic E-state index is -0.182. The van der Waals surface area contributed by atoms with E-state index in [2.05, 4.69) is 22.3 Å². The van der Waals surface area contributed by atoms with Crippen LogP contribution in [0.3, 0.4) is 0 Å². The summed E-state index contributed by atoms with van der Waals surface area (Å²) in [7, 11) is 0. The van der Waals surface area contributed by atoms with Crippen molar-refractivity contribution < 1.29 is 9.59 Å².